The molecule has 0 unspecified atom stereocenters. The molecule has 0 saturated carbocycles. The molecule has 2 aliphatic rings. The van der Waals surface area contributed by atoms with Gasteiger partial charge in [0.05, 0.1) is 37.2 Å². The normalized spacial score (nSPS) is 20.5. The van der Waals surface area contributed by atoms with Crippen molar-refractivity contribution in [1.82, 2.24) is 15.0 Å². The van der Waals surface area contributed by atoms with Crippen molar-refractivity contribution < 1.29 is 22.6 Å². The number of nitrogens with two attached hydrogens (primary N) is 1. The number of hydrogen-bond acceptors (Lipinski definition) is 8. The molecule has 0 bridgehead atoms. The molecule has 0 aliphatic carbocycles. The van der Waals surface area contributed by atoms with Gasteiger partial charge in [0, 0.05) is 44.0 Å². The lowest BCUT2D eigenvalue weighted by Crippen LogP contribution is -2.42. The summed E-state index contributed by atoms with van der Waals surface area (Å²) in [6, 6.07) is 2.41. The fraction of sp³-hybridized carbons (Fsp3) is 0.526. The third kappa shape index (κ3) is 4.41. The van der Waals surface area contributed by atoms with E-state index >= 15 is 0 Å². The van der Waals surface area contributed by atoms with E-state index in [0.717, 1.165) is 12.3 Å². The van der Waals surface area contributed by atoms with Gasteiger partial charge in [-0.15, -0.1) is 0 Å². The molecule has 2 fully saturated rings. The van der Waals surface area contributed by atoms with Crippen molar-refractivity contribution in [2.24, 2.45) is 0 Å². The molecule has 0 spiro atoms. The van der Waals surface area contributed by atoms with Gasteiger partial charge in [0.15, 0.2) is 0 Å². The topological polar surface area (TPSA) is 89.6 Å². The lowest BCUT2D eigenvalue weighted by Gasteiger charge is -2.33. The summed E-state index contributed by atoms with van der Waals surface area (Å²) < 4.78 is 52.0. The number of nitrogen functional groups attached to an aromatic ring is 1. The van der Waals surface area contributed by atoms with Crippen LogP contribution in [0, 0.1) is 0 Å². The summed E-state index contributed by atoms with van der Waals surface area (Å²) in [6.45, 7) is 5.79. The highest BCUT2D eigenvalue weighted by atomic mass is 19.4. The van der Waals surface area contributed by atoms with E-state index in [9.17, 15) is 13.2 Å². The molecule has 1 atom stereocenters. The highest BCUT2D eigenvalue weighted by molar-refractivity contribution is 5.69. The Bertz CT molecular complexity index is 904. The first-order chi connectivity index (χ1) is 14.3. The van der Waals surface area contributed by atoms with Crippen LogP contribution in [-0.2, 0) is 15.7 Å². The van der Waals surface area contributed by atoms with E-state index in [-0.39, 0.29) is 23.2 Å². The number of anilines is 3. The van der Waals surface area contributed by atoms with Crippen molar-refractivity contribution in [2.75, 3.05) is 61.5 Å². The summed E-state index contributed by atoms with van der Waals surface area (Å²) in [5, 5.41) is 0. The highest BCUT2D eigenvalue weighted by Crippen LogP contribution is 2.38. The molecular formula is C19H23F3N6O2. The molecule has 8 nitrogen and oxygen atoms in total. The van der Waals surface area contributed by atoms with Gasteiger partial charge in [-0.2, -0.15) is 18.2 Å². The van der Waals surface area contributed by atoms with Gasteiger partial charge in [-0.05, 0) is 13.0 Å². The van der Waals surface area contributed by atoms with E-state index in [4.69, 9.17) is 15.2 Å². The van der Waals surface area contributed by atoms with Crippen LogP contribution in [0.5, 0.6) is 0 Å². The molecule has 2 N–H and O–H groups in total. The van der Waals surface area contributed by atoms with Crippen LogP contribution in [0.2, 0.25) is 0 Å². The Kier molecular flexibility index (Phi) is 5.65. The zero-order chi connectivity index (χ0) is 21.3. The van der Waals surface area contributed by atoms with Gasteiger partial charge >= 0.3 is 6.18 Å². The molecule has 2 aliphatic heterocycles. The number of ether oxygens (including phenoxy) is 2. The number of halogens is 3. The van der Waals surface area contributed by atoms with Crippen molar-refractivity contribution >= 4 is 17.6 Å². The molecule has 0 aromatic carbocycles. The Morgan fingerprint density at radius 3 is 2.50 bits per heavy atom. The van der Waals surface area contributed by atoms with Crippen LogP contribution >= 0.6 is 0 Å². The molecule has 4 rings (SSSR count). The number of hydrogen-bond donors (Lipinski definition) is 1. The van der Waals surface area contributed by atoms with Crippen LogP contribution in [-0.4, -0.2) is 67.1 Å². The van der Waals surface area contributed by atoms with Crippen LogP contribution in [0.15, 0.2) is 18.3 Å². The average molecular weight is 424 g/mol. The SMILES string of the molecule is C[C@H]1CN(c2cc(-c3cnc(N)cc3C(F)(F)F)nc(N3CCOCC3)n2)CCO1. The second kappa shape index (κ2) is 8.23. The zero-order valence-corrected chi connectivity index (χ0v) is 16.5. The first-order valence-corrected chi connectivity index (χ1v) is 9.72. The van der Waals surface area contributed by atoms with Gasteiger partial charge in [-0.25, -0.2) is 9.97 Å². The lowest BCUT2D eigenvalue weighted by atomic mass is 10.1. The average Bonchev–Trinajstić information content (AvgIpc) is 2.73. The van der Waals surface area contributed by atoms with Gasteiger partial charge in [-0.3, -0.25) is 0 Å². The third-order valence-corrected chi connectivity index (χ3v) is 5.07. The van der Waals surface area contributed by atoms with Gasteiger partial charge in [0.2, 0.25) is 5.95 Å². The zero-order valence-electron chi connectivity index (χ0n) is 16.5. The third-order valence-electron chi connectivity index (χ3n) is 5.07. The Balaban J connectivity index is 1.82. The maximum atomic E-state index is 13.7. The molecular weight excluding hydrogens is 401 g/mol. The molecule has 11 heteroatoms. The van der Waals surface area contributed by atoms with Gasteiger partial charge in [0.25, 0.3) is 0 Å². The summed E-state index contributed by atoms with van der Waals surface area (Å²) in [7, 11) is 0. The summed E-state index contributed by atoms with van der Waals surface area (Å²) in [5.41, 5.74) is 4.68. The molecule has 2 aromatic rings. The largest absolute Gasteiger partial charge is 0.417 e. The van der Waals surface area contributed by atoms with Crippen LogP contribution < -0.4 is 15.5 Å². The van der Waals surface area contributed by atoms with E-state index < -0.39 is 11.7 Å². The molecule has 162 valence electrons. The van der Waals surface area contributed by atoms with E-state index in [1.165, 1.54) is 0 Å². The molecule has 0 amide bonds. The maximum absolute atomic E-state index is 13.7. The lowest BCUT2D eigenvalue weighted by molar-refractivity contribution is -0.137. The Morgan fingerprint density at radius 1 is 1.07 bits per heavy atom. The number of pyridine rings is 1. The highest BCUT2D eigenvalue weighted by Gasteiger charge is 2.35. The quantitative estimate of drug-likeness (QED) is 0.802. The molecule has 4 heterocycles. The number of alkyl halides is 3. The molecule has 2 saturated heterocycles. The number of rotatable bonds is 3. The molecule has 30 heavy (non-hydrogen) atoms. The monoisotopic (exact) mass is 424 g/mol. The Labute approximate surface area is 171 Å². The maximum Gasteiger partial charge on any atom is 0.417 e. The second-order valence-corrected chi connectivity index (χ2v) is 7.29. The Morgan fingerprint density at radius 2 is 1.80 bits per heavy atom. The van der Waals surface area contributed by atoms with Gasteiger partial charge < -0.3 is 25.0 Å². The van der Waals surface area contributed by atoms with Crippen molar-refractivity contribution in [3.8, 4) is 11.3 Å². The fourth-order valence-electron chi connectivity index (χ4n) is 3.56. The Hall–Kier alpha value is -2.66. The smallest absolute Gasteiger partial charge is 0.384 e. The first-order valence-electron chi connectivity index (χ1n) is 9.72. The van der Waals surface area contributed by atoms with Crippen molar-refractivity contribution in [3.63, 3.8) is 0 Å². The van der Waals surface area contributed by atoms with Gasteiger partial charge in [-0.1, -0.05) is 0 Å². The minimum atomic E-state index is -4.59. The minimum Gasteiger partial charge on any atom is -0.384 e. The predicted molar refractivity (Wildman–Crippen MR) is 105 cm³/mol. The summed E-state index contributed by atoms with van der Waals surface area (Å²) in [5.74, 6) is 0.729. The molecule has 0 radical (unpaired) electrons. The summed E-state index contributed by atoms with van der Waals surface area (Å²) in [6.07, 6.45) is -3.48. The van der Waals surface area contributed by atoms with Crippen LogP contribution in [0.25, 0.3) is 11.3 Å². The molecule has 2 aromatic heterocycles. The van der Waals surface area contributed by atoms with Crippen molar-refractivity contribution in [3.05, 3.63) is 23.9 Å². The predicted octanol–water partition coefficient (Wildman–Crippen LogP) is 2.20. The van der Waals surface area contributed by atoms with Crippen LogP contribution in [0.3, 0.4) is 0 Å². The van der Waals surface area contributed by atoms with Crippen LogP contribution in [0.4, 0.5) is 30.8 Å². The number of morpholine rings is 2. The van der Waals surface area contributed by atoms with Crippen molar-refractivity contribution in [2.45, 2.75) is 19.2 Å². The first kappa shape index (κ1) is 20.6. The van der Waals surface area contributed by atoms with E-state index in [0.29, 0.717) is 57.8 Å². The van der Waals surface area contributed by atoms with Crippen LogP contribution in [0.1, 0.15) is 12.5 Å². The minimum absolute atomic E-state index is 0.00655. The number of aromatic nitrogens is 3. The standard InChI is InChI=1S/C19H23F3N6O2/c1-12-11-28(4-7-30-12)17-9-15(25-18(26-17)27-2-5-29-6-3-27)13-10-24-16(23)8-14(13)19(20,21)22/h8-10,12H,2-7,11H2,1H3,(H2,23,24)/t12-/m0/s1. The number of nitrogens with zero attached hydrogens (tertiary/aromatic N) is 5. The summed E-state index contributed by atoms with van der Waals surface area (Å²) in [4.78, 5) is 16.9. The van der Waals surface area contributed by atoms with Crippen molar-refractivity contribution in [1.29, 1.82) is 0 Å². The summed E-state index contributed by atoms with van der Waals surface area (Å²) >= 11 is 0. The van der Waals surface area contributed by atoms with E-state index in [1.54, 1.807) is 6.07 Å². The fourth-order valence-corrected chi connectivity index (χ4v) is 3.56. The van der Waals surface area contributed by atoms with Gasteiger partial charge in [0.1, 0.15) is 11.6 Å². The van der Waals surface area contributed by atoms with E-state index in [1.807, 2.05) is 16.7 Å². The second-order valence-electron chi connectivity index (χ2n) is 7.29. The van der Waals surface area contributed by atoms with E-state index in [2.05, 4.69) is 15.0 Å².